The summed E-state index contributed by atoms with van der Waals surface area (Å²) in [5.41, 5.74) is 5.30. The normalized spacial score (nSPS) is 19.7. The summed E-state index contributed by atoms with van der Waals surface area (Å²) < 4.78 is 39.7. The van der Waals surface area contributed by atoms with Gasteiger partial charge in [-0.3, -0.25) is 9.69 Å². The summed E-state index contributed by atoms with van der Waals surface area (Å²) in [6.07, 6.45) is 3.00. The second kappa shape index (κ2) is 6.93. The molecule has 1 heterocycles. The summed E-state index contributed by atoms with van der Waals surface area (Å²) in [5, 5.41) is 0. The molecule has 1 amide bonds. The Labute approximate surface area is 121 Å². The summed E-state index contributed by atoms with van der Waals surface area (Å²) in [6.45, 7) is 1.74. The van der Waals surface area contributed by atoms with Gasteiger partial charge in [-0.05, 0) is 37.8 Å². The van der Waals surface area contributed by atoms with Gasteiger partial charge >= 0.3 is 0 Å². The molecule has 1 fully saturated rings. The predicted octanol–water partition coefficient (Wildman–Crippen LogP) is 2.58. The number of primary amides is 1. The van der Waals surface area contributed by atoms with Gasteiger partial charge in [0.2, 0.25) is 5.91 Å². The number of hydrogen-bond donors (Lipinski definition) is 1. The van der Waals surface area contributed by atoms with E-state index in [1.165, 1.54) is 0 Å². The molecule has 2 rings (SSSR count). The molecule has 1 aromatic rings. The van der Waals surface area contributed by atoms with Crippen molar-refractivity contribution in [1.82, 2.24) is 4.90 Å². The molecular weight excluding hydrogens is 281 g/mol. The van der Waals surface area contributed by atoms with E-state index in [1.807, 2.05) is 4.90 Å². The third-order valence-electron chi connectivity index (χ3n) is 3.89. The second-order valence-electron chi connectivity index (χ2n) is 5.61. The maximum absolute atomic E-state index is 13.6. The maximum atomic E-state index is 13.6. The SMILES string of the molecule is NC(=O)CCC1CCCN(Cc2cc(F)c(F)cc2F)C1. The zero-order chi connectivity index (χ0) is 15.4. The van der Waals surface area contributed by atoms with Crippen LogP contribution in [0, 0.1) is 23.4 Å². The average molecular weight is 300 g/mol. The Morgan fingerprint density at radius 1 is 1.24 bits per heavy atom. The molecule has 0 spiro atoms. The Morgan fingerprint density at radius 2 is 1.95 bits per heavy atom. The van der Waals surface area contributed by atoms with Gasteiger partial charge in [-0.15, -0.1) is 0 Å². The van der Waals surface area contributed by atoms with Gasteiger partial charge in [-0.1, -0.05) is 0 Å². The minimum Gasteiger partial charge on any atom is -0.370 e. The van der Waals surface area contributed by atoms with Crippen molar-refractivity contribution in [2.24, 2.45) is 11.7 Å². The summed E-state index contributed by atoms with van der Waals surface area (Å²) in [4.78, 5) is 12.8. The minimum atomic E-state index is -1.17. The van der Waals surface area contributed by atoms with Crippen LogP contribution in [0.3, 0.4) is 0 Å². The van der Waals surface area contributed by atoms with E-state index in [4.69, 9.17) is 5.73 Å². The van der Waals surface area contributed by atoms with Gasteiger partial charge in [0.1, 0.15) is 5.82 Å². The molecule has 0 radical (unpaired) electrons. The van der Waals surface area contributed by atoms with Crippen LogP contribution in [-0.2, 0) is 11.3 Å². The molecule has 116 valence electrons. The fraction of sp³-hybridized carbons (Fsp3) is 0.533. The van der Waals surface area contributed by atoms with Gasteiger partial charge in [0.05, 0.1) is 0 Å². The number of piperidine rings is 1. The van der Waals surface area contributed by atoms with Gasteiger partial charge in [0.25, 0.3) is 0 Å². The van der Waals surface area contributed by atoms with Crippen molar-refractivity contribution < 1.29 is 18.0 Å². The molecule has 1 aliphatic heterocycles. The highest BCUT2D eigenvalue weighted by molar-refractivity contribution is 5.73. The number of likely N-dealkylation sites (tertiary alicyclic amines) is 1. The Bertz CT molecular complexity index is 522. The lowest BCUT2D eigenvalue weighted by atomic mass is 9.93. The Hall–Kier alpha value is -1.56. The van der Waals surface area contributed by atoms with E-state index in [2.05, 4.69) is 0 Å². The fourth-order valence-corrected chi connectivity index (χ4v) is 2.80. The third kappa shape index (κ3) is 4.46. The van der Waals surface area contributed by atoms with E-state index in [1.54, 1.807) is 0 Å². The summed E-state index contributed by atoms with van der Waals surface area (Å²) in [6, 6.07) is 1.50. The highest BCUT2D eigenvalue weighted by Crippen LogP contribution is 2.23. The molecule has 1 unspecified atom stereocenters. The Balaban J connectivity index is 1.96. The molecule has 6 heteroatoms. The predicted molar refractivity (Wildman–Crippen MR) is 72.7 cm³/mol. The lowest BCUT2D eigenvalue weighted by Crippen LogP contribution is -2.35. The average Bonchev–Trinajstić information content (AvgIpc) is 2.43. The lowest BCUT2D eigenvalue weighted by molar-refractivity contribution is -0.118. The quantitative estimate of drug-likeness (QED) is 0.850. The number of amides is 1. The van der Waals surface area contributed by atoms with Gasteiger partial charge in [0, 0.05) is 31.1 Å². The molecular formula is C15H19F3N2O. The largest absolute Gasteiger partial charge is 0.370 e. The van der Waals surface area contributed by atoms with Crippen molar-refractivity contribution in [1.29, 1.82) is 0 Å². The number of rotatable bonds is 5. The number of nitrogens with two attached hydrogens (primary N) is 1. The highest BCUT2D eigenvalue weighted by Gasteiger charge is 2.21. The van der Waals surface area contributed by atoms with Crippen LogP contribution in [0.2, 0.25) is 0 Å². The number of halogens is 3. The zero-order valence-corrected chi connectivity index (χ0v) is 11.7. The molecule has 0 aliphatic carbocycles. The first kappa shape index (κ1) is 15.8. The smallest absolute Gasteiger partial charge is 0.217 e. The monoisotopic (exact) mass is 300 g/mol. The minimum absolute atomic E-state index is 0.157. The topological polar surface area (TPSA) is 46.3 Å². The zero-order valence-electron chi connectivity index (χ0n) is 11.7. The number of carbonyl (C=O) groups is 1. The fourth-order valence-electron chi connectivity index (χ4n) is 2.80. The van der Waals surface area contributed by atoms with Crippen molar-refractivity contribution in [2.45, 2.75) is 32.2 Å². The summed E-state index contributed by atoms with van der Waals surface area (Å²) >= 11 is 0. The van der Waals surface area contributed by atoms with E-state index in [-0.39, 0.29) is 18.0 Å². The Morgan fingerprint density at radius 3 is 2.67 bits per heavy atom. The van der Waals surface area contributed by atoms with Crippen LogP contribution in [0.15, 0.2) is 12.1 Å². The van der Waals surface area contributed by atoms with Crippen LogP contribution in [0.1, 0.15) is 31.2 Å². The number of benzene rings is 1. The molecule has 3 nitrogen and oxygen atoms in total. The van der Waals surface area contributed by atoms with Gasteiger partial charge < -0.3 is 5.73 Å². The van der Waals surface area contributed by atoms with Crippen LogP contribution in [-0.4, -0.2) is 23.9 Å². The standard InChI is InChI=1S/C15H19F3N2O/c16-12-7-14(18)13(17)6-11(12)9-20-5-1-2-10(8-20)3-4-15(19)21/h6-7,10H,1-5,8-9H2,(H2,19,21). The third-order valence-corrected chi connectivity index (χ3v) is 3.89. The van der Waals surface area contributed by atoms with E-state index in [0.717, 1.165) is 25.5 Å². The molecule has 1 atom stereocenters. The second-order valence-corrected chi connectivity index (χ2v) is 5.61. The molecule has 1 saturated heterocycles. The summed E-state index contributed by atoms with van der Waals surface area (Å²) in [5.74, 6) is -2.92. The van der Waals surface area contributed by atoms with E-state index in [9.17, 15) is 18.0 Å². The van der Waals surface area contributed by atoms with Gasteiger partial charge in [0.15, 0.2) is 11.6 Å². The molecule has 21 heavy (non-hydrogen) atoms. The van der Waals surface area contributed by atoms with Crippen LogP contribution in [0.4, 0.5) is 13.2 Å². The van der Waals surface area contributed by atoms with Crippen molar-refractivity contribution in [3.63, 3.8) is 0 Å². The maximum Gasteiger partial charge on any atom is 0.217 e. The number of nitrogens with zero attached hydrogens (tertiary/aromatic N) is 1. The van der Waals surface area contributed by atoms with Crippen molar-refractivity contribution in [3.05, 3.63) is 35.1 Å². The van der Waals surface area contributed by atoms with Crippen molar-refractivity contribution in [3.8, 4) is 0 Å². The van der Waals surface area contributed by atoms with Gasteiger partial charge in [-0.25, -0.2) is 13.2 Å². The molecule has 1 aromatic carbocycles. The molecule has 2 N–H and O–H groups in total. The Kier molecular flexibility index (Phi) is 5.22. The first-order valence-corrected chi connectivity index (χ1v) is 7.09. The van der Waals surface area contributed by atoms with Crippen molar-refractivity contribution >= 4 is 5.91 Å². The highest BCUT2D eigenvalue weighted by atomic mass is 19.2. The van der Waals surface area contributed by atoms with E-state index < -0.39 is 17.5 Å². The number of carbonyl (C=O) groups excluding carboxylic acids is 1. The van der Waals surface area contributed by atoms with E-state index in [0.29, 0.717) is 31.4 Å². The molecule has 1 aliphatic rings. The van der Waals surface area contributed by atoms with Gasteiger partial charge in [-0.2, -0.15) is 0 Å². The number of hydrogen-bond acceptors (Lipinski definition) is 2. The van der Waals surface area contributed by atoms with Crippen LogP contribution >= 0.6 is 0 Å². The van der Waals surface area contributed by atoms with Crippen molar-refractivity contribution in [2.75, 3.05) is 13.1 Å². The van der Waals surface area contributed by atoms with Crippen LogP contribution < -0.4 is 5.73 Å². The van der Waals surface area contributed by atoms with E-state index >= 15 is 0 Å². The van der Waals surface area contributed by atoms with Crippen LogP contribution in [0.5, 0.6) is 0 Å². The van der Waals surface area contributed by atoms with Crippen LogP contribution in [0.25, 0.3) is 0 Å². The summed E-state index contributed by atoms with van der Waals surface area (Å²) in [7, 11) is 0. The molecule has 0 bridgehead atoms. The lowest BCUT2D eigenvalue weighted by Gasteiger charge is -2.32. The molecule has 0 saturated carbocycles. The first-order chi connectivity index (χ1) is 9.95. The molecule has 0 aromatic heterocycles. The first-order valence-electron chi connectivity index (χ1n) is 7.09.